The summed E-state index contributed by atoms with van der Waals surface area (Å²) in [5, 5.41) is 13.5. The minimum absolute atomic E-state index is 0.222. The number of hydrogen-bond donors (Lipinski definition) is 2. The summed E-state index contributed by atoms with van der Waals surface area (Å²) in [5.74, 6) is -1.25. The predicted molar refractivity (Wildman–Crippen MR) is 141 cm³/mol. The van der Waals surface area contributed by atoms with Crippen LogP contribution in [0.4, 0.5) is 10.1 Å². The Labute approximate surface area is 214 Å². The number of hydrogen-bond acceptors (Lipinski definition) is 3. The summed E-state index contributed by atoms with van der Waals surface area (Å²) in [7, 11) is 0. The van der Waals surface area contributed by atoms with E-state index in [2.05, 4.69) is 16.4 Å². The highest BCUT2D eigenvalue weighted by Crippen LogP contribution is 2.44. The van der Waals surface area contributed by atoms with E-state index in [9.17, 15) is 14.3 Å². The molecule has 0 aliphatic carbocycles. The van der Waals surface area contributed by atoms with Gasteiger partial charge in [0.1, 0.15) is 5.82 Å². The molecule has 0 bridgehead atoms. The number of carboxylic acids is 1. The number of thiocarbonyl (C=S) groups is 1. The fraction of sp³-hybridized carbons (Fsp3) is 0.179. The SMILES string of the molecule is Cc1cc(N2C(=S)NC(c3ccccn3)C2c2cc(C)n(-c3cccc(C(=O)O)c3)c2C)ccc1F. The zero-order valence-electron chi connectivity index (χ0n) is 20.1. The van der Waals surface area contributed by atoms with E-state index in [1.54, 1.807) is 43.5 Å². The zero-order chi connectivity index (χ0) is 25.6. The predicted octanol–water partition coefficient (Wildman–Crippen LogP) is 5.81. The van der Waals surface area contributed by atoms with E-state index in [0.717, 1.165) is 34.0 Å². The molecule has 8 heteroatoms. The maximum atomic E-state index is 14.1. The number of benzene rings is 2. The van der Waals surface area contributed by atoms with Gasteiger partial charge in [0.2, 0.25) is 0 Å². The molecule has 2 unspecified atom stereocenters. The maximum absolute atomic E-state index is 14.1. The minimum Gasteiger partial charge on any atom is -0.478 e. The van der Waals surface area contributed by atoms with Crippen LogP contribution in [0.5, 0.6) is 0 Å². The number of aryl methyl sites for hydroxylation is 2. The fourth-order valence-electron chi connectivity index (χ4n) is 4.99. The largest absolute Gasteiger partial charge is 0.478 e. The fourth-order valence-corrected chi connectivity index (χ4v) is 5.34. The van der Waals surface area contributed by atoms with E-state index in [4.69, 9.17) is 12.2 Å². The molecule has 1 aliphatic heterocycles. The van der Waals surface area contributed by atoms with Crippen LogP contribution >= 0.6 is 12.2 Å². The van der Waals surface area contributed by atoms with E-state index in [0.29, 0.717) is 10.7 Å². The van der Waals surface area contributed by atoms with Crippen molar-refractivity contribution in [2.75, 3.05) is 4.90 Å². The smallest absolute Gasteiger partial charge is 0.335 e. The van der Waals surface area contributed by atoms with Gasteiger partial charge in [0, 0.05) is 29.0 Å². The number of aromatic nitrogens is 2. The Morgan fingerprint density at radius 3 is 2.53 bits per heavy atom. The zero-order valence-corrected chi connectivity index (χ0v) is 20.9. The summed E-state index contributed by atoms with van der Waals surface area (Å²) >= 11 is 5.80. The number of nitrogens with zero attached hydrogens (tertiary/aromatic N) is 3. The highest BCUT2D eigenvalue weighted by molar-refractivity contribution is 7.80. The highest BCUT2D eigenvalue weighted by Gasteiger charge is 2.42. The molecule has 2 atom stereocenters. The summed E-state index contributed by atoms with van der Waals surface area (Å²) in [4.78, 5) is 18.2. The van der Waals surface area contributed by atoms with E-state index in [-0.39, 0.29) is 23.5 Å². The average molecular weight is 501 g/mol. The van der Waals surface area contributed by atoms with Crippen LogP contribution in [0.2, 0.25) is 0 Å². The van der Waals surface area contributed by atoms with Gasteiger partial charge >= 0.3 is 5.97 Å². The Balaban J connectivity index is 1.68. The second-order valence-electron chi connectivity index (χ2n) is 8.95. The van der Waals surface area contributed by atoms with Gasteiger partial charge in [-0.2, -0.15) is 0 Å². The van der Waals surface area contributed by atoms with Crippen LogP contribution in [0.25, 0.3) is 5.69 Å². The Morgan fingerprint density at radius 1 is 1.03 bits per heavy atom. The normalized spacial score (nSPS) is 17.3. The van der Waals surface area contributed by atoms with Crippen LogP contribution in [0.3, 0.4) is 0 Å². The van der Waals surface area contributed by atoms with Crippen LogP contribution in [0.15, 0.2) is 72.9 Å². The van der Waals surface area contributed by atoms with Gasteiger partial charge < -0.3 is 19.9 Å². The van der Waals surface area contributed by atoms with E-state index in [1.807, 2.05) is 47.6 Å². The van der Waals surface area contributed by atoms with Gasteiger partial charge in [-0.3, -0.25) is 4.98 Å². The van der Waals surface area contributed by atoms with Crippen molar-refractivity contribution in [2.45, 2.75) is 32.9 Å². The average Bonchev–Trinajstić information content (AvgIpc) is 3.36. The number of nitrogens with one attached hydrogen (secondary N) is 1. The Morgan fingerprint density at radius 2 is 1.83 bits per heavy atom. The third-order valence-corrected chi connectivity index (χ3v) is 6.97. The molecule has 0 spiro atoms. The summed E-state index contributed by atoms with van der Waals surface area (Å²) in [5.41, 5.74) is 6.07. The molecule has 1 aliphatic rings. The summed E-state index contributed by atoms with van der Waals surface area (Å²) in [6.07, 6.45) is 1.75. The first kappa shape index (κ1) is 23.7. The number of rotatable bonds is 5. The molecule has 36 heavy (non-hydrogen) atoms. The lowest BCUT2D eigenvalue weighted by atomic mass is 9.96. The van der Waals surface area contributed by atoms with Gasteiger partial charge in [-0.05, 0) is 98.7 Å². The lowest BCUT2D eigenvalue weighted by molar-refractivity contribution is 0.0697. The van der Waals surface area contributed by atoms with Crippen molar-refractivity contribution in [1.82, 2.24) is 14.9 Å². The molecule has 3 heterocycles. The second kappa shape index (κ2) is 9.20. The van der Waals surface area contributed by atoms with Crippen molar-refractivity contribution in [1.29, 1.82) is 0 Å². The van der Waals surface area contributed by atoms with Gasteiger partial charge in [0.25, 0.3) is 0 Å². The van der Waals surface area contributed by atoms with Gasteiger partial charge in [0.05, 0.1) is 23.3 Å². The van der Waals surface area contributed by atoms with Crippen molar-refractivity contribution in [3.05, 3.63) is 113 Å². The third-order valence-electron chi connectivity index (χ3n) is 6.66. The monoisotopic (exact) mass is 500 g/mol. The Hall–Kier alpha value is -4.04. The molecule has 2 aromatic carbocycles. The summed E-state index contributed by atoms with van der Waals surface area (Å²) < 4.78 is 16.2. The van der Waals surface area contributed by atoms with Gasteiger partial charge in [-0.25, -0.2) is 9.18 Å². The number of anilines is 1. The van der Waals surface area contributed by atoms with E-state index in [1.165, 1.54) is 6.07 Å². The molecule has 6 nitrogen and oxygen atoms in total. The van der Waals surface area contributed by atoms with Crippen LogP contribution in [-0.2, 0) is 0 Å². The standard InChI is InChI=1S/C28H25FN4O2S/c1-16-13-21(10-11-23(16)29)33-26(25(31-28(33)36)24-9-4-5-12-30-24)22-14-17(2)32(18(22)3)20-8-6-7-19(15-20)27(34)35/h4-15,25-26H,1-3H3,(H,31,36)(H,34,35). The first-order valence-corrected chi connectivity index (χ1v) is 12.0. The molecule has 182 valence electrons. The maximum Gasteiger partial charge on any atom is 0.335 e. The molecule has 0 amide bonds. The van der Waals surface area contributed by atoms with Crippen molar-refractivity contribution in [3.63, 3.8) is 0 Å². The lowest BCUT2D eigenvalue weighted by Gasteiger charge is -2.28. The molecular weight excluding hydrogens is 475 g/mol. The molecule has 0 radical (unpaired) electrons. The molecule has 4 aromatic rings. The van der Waals surface area contributed by atoms with Gasteiger partial charge in [0.15, 0.2) is 5.11 Å². The van der Waals surface area contributed by atoms with Crippen LogP contribution in [0.1, 0.15) is 50.7 Å². The highest BCUT2D eigenvalue weighted by atomic mass is 32.1. The topological polar surface area (TPSA) is 70.4 Å². The van der Waals surface area contributed by atoms with Crippen molar-refractivity contribution in [3.8, 4) is 5.69 Å². The Kier molecular flexibility index (Phi) is 6.05. The molecular formula is C28H25FN4O2S. The molecule has 1 fully saturated rings. The van der Waals surface area contributed by atoms with Gasteiger partial charge in [-0.1, -0.05) is 12.1 Å². The molecule has 2 N–H and O–H groups in total. The molecule has 1 saturated heterocycles. The number of carbonyl (C=O) groups is 1. The number of pyridine rings is 1. The van der Waals surface area contributed by atoms with Crippen LogP contribution in [0, 0.1) is 26.6 Å². The summed E-state index contributed by atoms with van der Waals surface area (Å²) in [6.45, 7) is 5.74. The first-order chi connectivity index (χ1) is 17.3. The van der Waals surface area contributed by atoms with Crippen LogP contribution < -0.4 is 10.2 Å². The second-order valence-corrected chi connectivity index (χ2v) is 9.33. The van der Waals surface area contributed by atoms with Crippen LogP contribution in [-0.4, -0.2) is 25.7 Å². The van der Waals surface area contributed by atoms with Crippen molar-refractivity contribution < 1.29 is 14.3 Å². The van der Waals surface area contributed by atoms with Crippen molar-refractivity contribution in [2.24, 2.45) is 0 Å². The van der Waals surface area contributed by atoms with Crippen molar-refractivity contribution >= 4 is 29.0 Å². The lowest BCUT2D eigenvalue weighted by Crippen LogP contribution is -2.29. The quantitative estimate of drug-likeness (QED) is 0.337. The number of halogens is 1. The molecule has 5 rings (SSSR count). The Bertz CT molecular complexity index is 1480. The van der Waals surface area contributed by atoms with Gasteiger partial charge in [-0.15, -0.1) is 0 Å². The molecule has 2 aromatic heterocycles. The number of aromatic carboxylic acids is 1. The first-order valence-electron chi connectivity index (χ1n) is 11.6. The third kappa shape index (κ3) is 4.03. The van der Waals surface area contributed by atoms with E-state index < -0.39 is 5.97 Å². The minimum atomic E-state index is -0.974. The number of carboxylic acid groups (broad SMARTS) is 1. The summed E-state index contributed by atoms with van der Waals surface area (Å²) in [6, 6.07) is 19.2. The van der Waals surface area contributed by atoms with E-state index >= 15 is 0 Å². The molecule has 0 saturated carbocycles.